The fraction of sp³-hybridized carbons (Fsp3) is 0.316. The van der Waals surface area contributed by atoms with E-state index in [-0.39, 0.29) is 12.5 Å². The van der Waals surface area contributed by atoms with Gasteiger partial charge in [0.1, 0.15) is 23.9 Å². The number of hydrogen-bond donors (Lipinski definition) is 1. The van der Waals surface area contributed by atoms with Crippen molar-refractivity contribution in [2.45, 2.75) is 13.8 Å². The van der Waals surface area contributed by atoms with E-state index in [0.29, 0.717) is 25.5 Å². The summed E-state index contributed by atoms with van der Waals surface area (Å²) in [5, 5.41) is 2.76. The van der Waals surface area contributed by atoms with Gasteiger partial charge in [0.2, 0.25) is 0 Å². The second-order valence-electron chi connectivity index (χ2n) is 5.33. The fourth-order valence-corrected chi connectivity index (χ4v) is 2.68. The van der Waals surface area contributed by atoms with Gasteiger partial charge in [0.15, 0.2) is 6.61 Å². The number of carbonyl (C=O) groups is 1. The molecule has 134 valence electrons. The van der Waals surface area contributed by atoms with E-state index in [2.05, 4.69) is 21.2 Å². The van der Waals surface area contributed by atoms with Crippen LogP contribution in [0.15, 0.2) is 46.9 Å². The van der Waals surface area contributed by atoms with Crippen molar-refractivity contribution in [3.05, 3.63) is 52.5 Å². The largest absolute Gasteiger partial charge is 0.494 e. The minimum atomic E-state index is -0.192. The van der Waals surface area contributed by atoms with E-state index in [1.165, 1.54) is 0 Å². The van der Waals surface area contributed by atoms with Gasteiger partial charge in [-0.3, -0.25) is 4.79 Å². The van der Waals surface area contributed by atoms with Crippen molar-refractivity contribution in [1.82, 2.24) is 5.32 Å². The lowest BCUT2D eigenvalue weighted by Crippen LogP contribution is -2.32. The molecular formula is C19H22BrNO4. The van der Waals surface area contributed by atoms with Gasteiger partial charge in [0.25, 0.3) is 5.91 Å². The molecule has 0 atom stereocenters. The SMILES string of the molecule is CCOc1ccc(OCCNC(=O)COc2ccc(C)cc2Br)cc1. The quantitative estimate of drug-likeness (QED) is 0.643. The van der Waals surface area contributed by atoms with Gasteiger partial charge in [0.05, 0.1) is 17.6 Å². The van der Waals surface area contributed by atoms with E-state index in [0.717, 1.165) is 21.5 Å². The first-order valence-electron chi connectivity index (χ1n) is 8.10. The number of benzene rings is 2. The third kappa shape index (κ3) is 6.66. The van der Waals surface area contributed by atoms with Crippen molar-refractivity contribution in [2.24, 2.45) is 0 Å². The molecule has 0 heterocycles. The van der Waals surface area contributed by atoms with Crippen LogP contribution in [0.1, 0.15) is 12.5 Å². The van der Waals surface area contributed by atoms with Gasteiger partial charge in [-0.2, -0.15) is 0 Å². The van der Waals surface area contributed by atoms with Crippen LogP contribution in [0, 0.1) is 6.92 Å². The lowest BCUT2D eigenvalue weighted by molar-refractivity contribution is -0.123. The smallest absolute Gasteiger partial charge is 0.258 e. The summed E-state index contributed by atoms with van der Waals surface area (Å²) in [6, 6.07) is 13.1. The monoisotopic (exact) mass is 407 g/mol. The van der Waals surface area contributed by atoms with Gasteiger partial charge in [0, 0.05) is 0 Å². The Morgan fingerprint density at radius 1 is 1.04 bits per heavy atom. The molecule has 0 bridgehead atoms. The second-order valence-corrected chi connectivity index (χ2v) is 6.18. The molecule has 0 aliphatic rings. The Bertz CT molecular complexity index is 688. The van der Waals surface area contributed by atoms with Crippen molar-refractivity contribution < 1.29 is 19.0 Å². The molecule has 0 saturated carbocycles. The Morgan fingerprint density at radius 2 is 1.72 bits per heavy atom. The molecule has 0 fully saturated rings. The number of hydrogen-bond acceptors (Lipinski definition) is 4. The zero-order chi connectivity index (χ0) is 18.1. The highest BCUT2D eigenvalue weighted by atomic mass is 79.9. The van der Waals surface area contributed by atoms with Crippen molar-refractivity contribution >= 4 is 21.8 Å². The van der Waals surface area contributed by atoms with Crippen LogP contribution in [-0.4, -0.2) is 32.3 Å². The maximum Gasteiger partial charge on any atom is 0.258 e. The van der Waals surface area contributed by atoms with Crippen LogP contribution in [-0.2, 0) is 4.79 Å². The highest BCUT2D eigenvalue weighted by molar-refractivity contribution is 9.10. The molecule has 25 heavy (non-hydrogen) atoms. The summed E-state index contributed by atoms with van der Waals surface area (Å²) in [7, 11) is 0. The Kier molecular flexibility index (Phi) is 7.60. The Hall–Kier alpha value is -2.21. The van der Waals surface area contributed by atoms with Gasteiger partial charge in [-0.1, -0.05) is 6.07 Å². The van der Waals surface area contributed by atoms with Crippen LogP contribution in [0.3, 0.4) is 0 Å². The fourth-order valence-electron chi connectivity index (χ4n) is 2.08. The van der Waals surface area contributed by atoms with Gasteiger partial charge < -0.3 is 19.5 Å². The summed E-state index contributed by atoms with van der Waals surface area (Å²) in [6.45, 7) is 5.32. The molecule has 0 saturated heterocycles. The highest BCUT2D eigenvalue weighted by Crippen LogP contribution is 2.25. The molecule has 1 N–H and O–H groups in total. The Labute approximate surface area is 156 Å². The number of rotatable bonds is 9. The lowest BCUT2D eigenvalue weighted by atomic mass is 10.2. The van der Waals surface area contributed by atoms with Crippen LogP contribution >= 0.6 is 15.9 Å². The first-order chi connectivity index (χ1) is 12.1. The Balaban J connectivity index is 1.65. The molecule has 0 aliphatic heterocycles. The van der Waals surface area contributed by atoms with Crippen molar-refractivity contribution in [1.29, 1.82) is 0 Å². The molecule has 0 aromatic heterocycles. The van der Waals surface area contributed by atoms with Crippen LogP contribution < -0.4 is 19.5 Å². The van der Waals surface area contributed by atoms with Crippen molar-refractivity contribution in [3.8, 4) is 17.2 Å². The zero-order valence-corrected chi connectivity index (χ0v) is 16.0. The number of aryl methyl sites for hydroxylation is 1. The molecule has 0 radical (unpaired) electrons. The number of nitrogens with one attached hydrogen (secondary N) is 1. The first-order valence-corrected chi connectivity index (χ1v) is 8.89. The molecule has 5 nitrogen and oxygen atoms in total. The Morgan fingerprint density at radius 3 is 2.36 bits per heavy atom. The van der Waals surface area contributed by atoms with Gasteiger partial charge >= 0.3 is 0 Å². The molecule has 2 aromatic rings. The average molecular weight is 408 g/mol. The van der Waals surface area contributed by atoms with Gasteiger partial charge in [-0.15, -0.1) is 0 Å². The molecule has 2 aromatic carbocycles. The molecule has 0 aliphatic carbocycles. The zero-order valence-electron chi connectivity index (χ0n) is 14.4. The van der Waals surface area contributed by atoms with Crippen LogP contribution in [0.2, 0.25) is 0 Å². The van der Waals surface area contributed by atoms with E-state index in [1.807, 2.05) is 56.3 Å². The molecular weight excluding hydrogens is 386 g/mol. The molecule has 2 rings (SSSR count). The summed E-state index contributed by atoms with van der Waals surface area (Å²) in [6.07, 6.45) is 0. The predicted octanol–water partition coefficient (Wildman–Crippen LogP) is 3.73. The van der Waals surface area contributed by atoms with Crippen molar-refractivity contribution in [2.75, 3.05) is 26.4 Å². The third-order valence-electron chi connectivity index (χ3n) is 3.27. The topological polar surface area (TPSA) is 56.8 Å². The van der Waals surface area contributed by atoms with E-state index in [1.54, 1.807) is 0 Å². The molecule has 0 unspecified atom stereocenters. The lowest BCUT2D eigenvalue weighted by Gasteiger charge is -2.10. The minimum Gasteiger partial charge on any atom is -0.494 e. The minimum absolute atomic E-state index is 0.0370. The summed E-state index contributed by atoms with van der Waals surface area (Å²) in [4.78, 5) is 11.8. The summed E-state index contributed by atoms with van der Waals surface area (Å²) < 4.78 is 17.3. The van der Waals surface area contributed by atoms with Gasteiger partial charge in [-0.25, -0.2) is 0 Å². The maximum absolute atomic E-state index is 11.8. The van der Waals surface area contributed by atoms with Crippen LogP contribution in [0.5, 0.6) is 17.2 Å². The van der Waals surface area contributed by atoms with Crippen molar-refractivity contribution in [3.63, 3.8) is 0 Å². The predicted molar refractivity (Wildman–Crippen MR) is 100 cm³/mol. The third-order valence-corrected chi connectivity index (χ3v) is 3.89. The molecule has 6 heteroatoms. The van der Waals surface area contributed by atoms with E-state index >= 15 is 0 Å². The van der Waals surface area contributed by atoms with E-state index in [9.17, 15) is 4.79 Å². The summed E-state index contributed by atoms with van der Waals surface area (Å²) in [5.41, 5.74) is 1.12. The summed E-state index contributed by atoms with van der Waals surface area (Å²) in [5.74, 6) is 1.99. The second kappa shape index (κ2) is 9.93. The standard InChI is InChI=1S/C19H22BrNO4/c1-3-23-15-5-7-16(8-6-15)24-11-10-21-19(22)13-25-18-9-4-14(2)12-17(18)20/h4-9,12H,3,10-11,13H2,1-2H3,(H,21,22). The number of halogens is 1. The number of amides is 1. The first kappa shape index (κ1) is 19.1. The number of carbonyl (C=O) groups excluding carboxylic acids is 1. The molecule has 1 amide bonds. The molecule has 0 spiro atoms. The number of ether oxygens (including phenoxy) is 3. The van der Waals surface area contributed by atoms with Gasteiger partial charge in [-0.05, 0) is 71.7 Å². The van der Waals surface area contributed by atoms with E-state index < -0.39 is 0 Å². The normalized spacial score (nSPS) is 10.2. The van der Waals surface area contributed by atoms with Crippen LogP contribution in [0.4, 0.5) is 0 Å². The van der Waals surface area contributed by atoms with E-state index in [4.69, 9.17) is 14.2 Å². The van der Waals surface area contributed by atoms with Crippen LogP contribution in [0.25, 0.3) is 0 Å². The summed E-state index contributed by atoms with van der Waals surface area (Å²) >= 11 is 3.42. The highest BCUT2D eigenvalue weighted by Gasteiger charge is 2.05. The average Bonchev–Trinajstić information content (AvgIpc) is 2.59. The maximum atomic E-state index is 11.8.